The van der Waals surface area contributed by atoms with Gasteiger partial charge in [0.1, 0.15) is 18.1 Å². The molecule has 0 aliphatic carbocycles. The van der Waals surface area contributed by atoms with Gasteiger partial charge in [-0.15, -0.1) is 0 Å². The number of likely N-dealkylation sites (tertiary alicyclic amines) is 2. The number of aromatic nitrogens is 1. The van der Waals surface area contributed by atoms with Gasteiger partial charge in [-0.25, -0.2) is 0 Å². The van der Waals surface area contributed by atoms with E-state index in [0.29, 0.717) is 18.3 Å². The van der Waals surface area contributed by atoms with Crippen LogP contribution < -0.4 is 5.32 Å². The van der Waals surface area contributed by atoms with Gasteiger partial charge < -0.3 is 14.8 Å². The number of pyridine rings is 1. The molecule has 0 aromatic carbocycles. The molecule has 4 heterocycles. The summed E-state index contributed by atoms with van der Waals surface area (Å²) in [6, 6.07) is 10.1. The first kappa shape index (κ1) is 21.0. The fraction of sp³-hybridized carbons (Fsp3) is 0.565. The van der Waals surface area contributed by atoms with Gasteiger partial charge in [-0.2, -0.15) is 0 Å². The highest BCUT2D eigenvalue weighted by Crippen LogP contribution is 2.25. The maximum Gasteiger partial charge on any atom is 0.224 e. The van der Waals surface area contributed by atoms with E-state index >= 15 is 0 Å². The molecular weight excluding hydrogens is 380 g/mol. The number of nitrogens with zero attached hydrogens (tertiary/aromatic N) is 3. The van der Waals surface area contributed by atoms with E-state index in [2.05, 4.69) is 20.1 Å². The van der Waals surface area contributed by atoms with Crippen molar-refractivity contribution in [2.45, 2.75) is 51.4 Å². The third-order valence-electron chi connectivity index (χ3n) is 6.32. The molecule has 0 spiro atoms. The van der Waals surface area contributed by atoms with Crippen molar-refractivity contribution in [2.75, 3.05) is 26.2 Å². The fourth-order valence-corrected chi connectivity index (χ4v) is 4.63. The molecule has 1 amide bonds. The summed E-state index contributed by atoms with van der Waals surface area (Å²) >= 11 is 0. The lowest BCUT2D eigenvalue weighted by atomic mass is 9.93. The van der Waals surface area contributed by atoms with Crippen molar-refractivity contribution in [2.24, 2.45) is 5.92 Å². The van der Waals surface area contributed by atoms with Gasteiger partial charge in [-0.05, 0) is 56.5 Å². The van der Waals surface area contributed by atoms with Crippen LogP contribution in [0, 0.1) is 5.92 Å². The molecule has 0 saturated carbocycles. The first-order chi connectivity index (χ1) is 14.7. The monoisotopic (exact) mass is 412 g/mol. The van der Waals surface area contributed by atoms with Crippen molar-refractivity contribution in [1.29, 1.82) is 0 Å². The lowest BCUT2D eigenvalue weighted by Gasteiger charge is -2.41. The Labute approximate surface area is 178 Å². The lowest BCUT2D eigenvalue weighted by molar-refractivity contribution is -0.127. The maximum atomic E-state index is 12.7. The zero-order valence-corrected chi connectivity index (χ0v) is 17.5. The Morgan fingerprint density at radius 2 is 1.97 bits per heavy atom. The number of aliphatic hydroxyl groups excluding tert-OH is 1. The maximum absolute atomic E-state index is 12.7. The van der Waals surface area contributed by atoms with Crippen molar-refractivity contribution in [3.05, 3.63) is 53.7 Å². The minimum absolute atomic E-state index is 0.0480. The van der Waals surface area contributed by atoms with Crippen LogP contribution in [0.4, 0.5) is 0 Å². The van der Waals surface area contributed by atoms with Crippen molar-refractivity contribution in [3.63, 3.8) is 0 Å². The molecule has 0 bridgehead atoms. The Hall–Kier alpha value is -2.22. The molecule has 2 fully saturated rings. The number of amides is 1. The van der Waals surface area contributed by atoms with Crippen LogP contribution in [0.3, 0.4) is 0 Å². The van der Waals surface area contributed by atoms with Gasteiger partial charge in [0.25, 0.3) is 0 Å². The number of aliphatic hydroxyl groups is 1. The number of furan rings is 1. The summed E-state index contributed by atoms with van der Waals surface area (Å²) in [4.78, 5) is 21.9. The van der Waals surface area contributed by atoms with Crippen LogP contribution >= 0.6 is 0 Å². The van der Waals surface area contributed by atoms with Crippen molar-refractivity contribution in [1.82, 2.24) is 20.1 Å². The minimum Gasteiger partial charge on any atom is -0.462 e. The first-order valence-electron chi connectivity index (χ1n) is 11.0. The minimum atomic E-state index is -0.0480. The van der Waals surface area contributed by atoms with Gasteiger partial charge in [-0.1, -0.05) is 6.07 Å². The zero-order valence-electron chi connectivity index (χ0n) is 17.5. The predicted octanol–water partition coefficient (Wildman–Crippen LogP) is 2.16. The number of carbonyl (C=O) groups is 1. The zero-order chi connectivity index (χ0) is 20.8. The Morgan fingerprint density at radius 3 is 2.70 bits per heavy atom. The molecule has 162 valence electrons. The second kappa shape index (κ2) is 10.2. The standard InChI is InChI=1S/C23H32N4O3/c28-17-22-7-6-21(30-22)16-26-12-8-20(9-13-26)27-11-3-4-18(15-27)23(29)25-14-19-5-1-2-10-24-19/h1-2,5-7,10,18,20,28H,3-4,8-9,11-17H2,(H,25,29)/t18-/m1/s1. The van der Waals surface area contributed by atoms with E-state index in [1.807, 2.05) is 30.3 Å². The Balaban J connectivity index is 1.22. The lowest BCUT2D eigenvalue weighted by Crippen LogP contribution is -2.50. The van der Waals surface area contributed by atoms with Gasteiger partial charge in [-0.3, -0.25) is 19.6 Å². The van der Waals surface area contributed by atoms with Crippen LogP contribution in [-0.4, -0.2) is 58.0 Å². The Morgan fingerprint density at radius 1 is 1.13 bits per heavy atom. The predicted molar refractivity (Wildman–Crippen MR) is 113 cm³/mol. The van der Waals surface area contributed by atoms with Crippen LogP contribution in [0.25, 0.3) is 0 Å². The number of nitrogens with one attached hydrogen (secondary N) is 1. The van der Waals surface area contributed by atoms with E-state index < -0.39 is 0 Å². The second-order valence-electron chi connectivity index (χ2n) is 8.41. The van der Waals surface area contributed by atoms with Crippen LogP contribution in [0.5, 0.6) is 0 Å². The summed E-state index contributed by atoms with van der Waals surface area (Å²) in [5.41, 5.74) is 0.897. The molecular formula is C23H32N4O3. The number of hydrogen-bond acceptors (Lipinski definition) is 6. The average Bonchev–Trinajstić information content (AvgIpc) is 3.26. The SMILES string of the molecule is O=C(NCc1ccccn1)[C@@H]1CCCN(C2CCN(Cc3ccc(CO)o3)CC2)C1. The molecule has 2 aromatic heterocycles. The smallest absolute Gasteiger partial charge is 0.224 e. The number of carbonyl (C=O) groups excluding carboxylic acids is 1. The molecule has 7 nitrogen and oxygen atoms in total. The summed E-state index contributed by atoms with van der Waals surface area (Å²) in [5, 5.41) is 12.2. The topological polar surface area (TPSA) is 81.8 Å². The first-order valence-corrected chi connectivity index (χ1v) is 11.0. The highest BCUT2D eigenvalue weighted by Gasteiger charge is 2.31. The molecule has 1 atom stereocenters. The molecule has 2 aliphatic rings. The molecule has 7 heteroatoms. The van der Waals surface area contributed by atoms with E-state index in [4.69, 9.17) is 9.52 Å². The summed E-state index contributed by atoms with van der Waals surface area (Å²) in [7, 11) is 0. The van der Waals surface area contributed by atoms with Gasteiger partial charge in [0, 0.05) is 31.9 Å². The number of rotatable bonds is 7. The Bertz CT molecular complexity index is 802. The molecule has 30 heavy (non-hydrogen) atoms. The summed E-state index contributed by atoms with van der Waals surface area (Å²) < 4.78 is 5.62. The molecule has 2 N–H and O–H groups in total. The van der Waals surface area contributed by atoms with E-state index in [9.17, 15) is 4.79 Å². The Kier molecular flexibility index (Phi) is 7.15. The van der Waals surface area contributed by atoms with E-state index in [-0.39, 0.29) is 18.4 Å². The summed E-state index contributed by atoms with van der Waals surface area (Å²) in [5.74, 6) is 1.77. The third kappa shape index (κ3) is 5.47. The van der Waals surface area contributed by atoms with Crippen LogP contribution in [-0.2, 0) is 24.5 Å². The molecule has 4 rings (SSSR count). The largest absolute Gasteiger partial charge is 0.462 e. The molecule has 0 radical (unpaired) electrons. The van der Waals surface area contributed by atoms with E-state index in [0.717, 1.165) is 69.9 Å². The van der Waals surface area contributed by atoms with Crippen LogP contribution in [0.1, 0.15) is 42.9 Å². The third-order valence-corrected chi connectivity index (χ3v) is 6.32. The number of hydrogen-bond donors (Lipinski definition) is 2. The normalized spacial score (nSPS) is 21.6. The second-order valence-corrected chi connectivity index (χ2v) is 8.41. The molecule has 2 aliphatic heterocycles. The van der Waals surface area contributed by atoms with Gasteiger partial charge >= 0.3 is 0 Å². The van der Waals surface area contributed by atoms with Crippen molar-refractivity contribution in [3.8, 4) is 0 Å². The average molecular weight is 413 g/mol. The highest BCUT2D eigenvalue weighted by atomic mass is 16.4. The quantitative estimate of drug-likeness (QED) is 0.725. The van der Waals surface area contributed by atoms with E-state index in [1.54, 1.807) is 6.20 Å². The summed E-state index contributed by atoms with van der Waals surface area (Å²) in [6.45, 7) is 5.27. The molecule has 0 unspecified atom stereocenters. The van der Waals surface area contributed by atoms with Crippen molar-refractivity contribution < 1.29 is 14.3 Å². The number of piperidine rings is 2. The van der Waals surface area contributed by atoms with Crippen LogP contribution in [0.15, 0.2) is 40.9 Å². The van der Waals surface area contributed by atoms with Crippen LogP contribution in [0.2, 0.25) is 0 Å². The molecule has 2 aromatic rings. The summed E-state index contributed by atoms with van der Waals surface area (Å²) in [6.07, 6.45) is 6.05. The van der Waals surface area contributed by atoms with E-state index in [1.165, 1.54) is 0 Å². The highest BCUT2D eigenvalue weighted by molar-refractivity contribution is 5.78. The van der Waals surface area contributed by atoms with Gasteiger partial charge in [0.05, 0.1) is 24.7 Å². The van der Waals surface area contributed by atoms with Gasteiger partial charge in [0.15, 0.2) is 0 Å². The van der Waals surface area contributed by atoms with Gasteiger partial charge in [0.2, 0.25) is 5.91 Å². The molecule has 2 saturated heterocycles. The van der Waals surface area contributed by atoms with Crippen molar-refractivity contribution >= 4 is 5.91 Å². The fourth-order valence-electron chi connectivity index (χ4n) is 4.63.